The largest absolute Gasteiger partial charge is 0.227 e. The number of hydrogen-bond donors (Lipinski definition) is 0. The Bertz CT molecular complexity index is 236. The fourth-order valence-electron chi connectivity index (χ4n) is 0.227. The van der Waals surface area contributed by atoms with E-state index in [9.17, 15) is 8.42 Å². The smallest absolute Gasteiger partial charge is 0.175 e. The predicted molar refractivity (Wildman–Crippen MR) is 37.9 cm³/mol. The molecule has 0 spiro atoms. The predicted octanol–water partition coefficient (Wildman–Crippen LogP) is -0.0771. The van der Waals surface area contributed by atoms with E-state index in [2.05, 4.69) is 12.2 Å². The van der Waals surface area contributed by atoms with Gasteiger partial charge < -0.3 is 0 Å². The number of hydrogen-bond acceptors (Lipinski definition) is 4. The molecule has 0 bridgehead atoms. The van der Waals surface area contributed by atoms with Crippen LogP contribution in [0.3, 0.4) is 0 Å². The fourth-order valence-corrected chi connectivity index (χ4v) is 1.29. The maximum atomic E-state index is 10.5. The summed E-state index contributed by atoms with van der Waals surface area (Å²) < 4.78 is 20.9. The quantitative estimate of drug-likeness (QED) is 0.534. The minimum Gasteiger partial charge on any atom is -0.227 e. The first-order chi connectivity index (χ1) is 4.02. The van der Waals surface area contributed by atoms with Gasteiger partial charge in [-0.1, -0.05) is 12.2 Å². The number of rotatable bonds is 2. The standard InChI is InChI=1S/C4H5NO2S2/c1-9(6,7)4(2-5)3-8/h3-4H,1H3. The third-order valence-electron chi connectivity index (χ3n) is 0.712. The summed E-state index contributed by atoms with van der Waals surface area (Å²) in [6, 6.07) is 1.54. The van der Waals surface area contributed by atoms with Gasteiger partial charge in [0.25, 0.3) is 0 Å². The minimum absolute atomic E-state index is 0.940. The van der Waals surface area contributed by atoms with Crippen molar-refractivity contribution in [2.45, 2.75) is 5.25 Å². The third kappa shape index (κ3) is 2.54. The van der Waals surface area contributed by atoms with Crippen LogP contribution in [0.2, 0.25) is 0 Å². The Morgan fingerprint density at radius 3 is 2.22 bits per heavy atom. The van der Waals surface area contributed by atoms with E-state index >= 15 is 0 Å². The minimum atomic E-state index is -3.29. The maximum Gasteiger partial charge on any atom is 0.175 e. The van der Waals surface area contributed by atoms with Crippen LogP contribution in [0.4, 0.5) is 0 Å². The third-order valence-corrected chi connectivity index (χ3v) is 2.32. The average molecular weight is 163 g/mol. The van der Waals surface area contributed by atoms with Gasteiger partial charge >= 0.3 is 0 Å². The molecular weight excluding hydrogens is 158 g/mol. The van der Waals surface area contributed by atoms with Gasteiger partial charge in [0.05, 0.1) is 6.07 Å². The van der Waals surface area contributed by atoms with E-state index in [4.69, 9.17) is 5.26 Å². The SMILES string of the molecule is CS(=O)(=O)C(C#N)C=S. The summed E-state index contributed by atoms with van der Waals surface area (Å²) in [5.41, 5.74) is 0. The van der Waals surface area contributed by atoms with Crippen molar-refractivity contribution in [1.82, 2.24) is 0 Å². The Balaban J connectivity index is 4.58. The Labute approximate surface area is 59.2 Å². The molecule has 0 aromatic heterocycles. The Kier molecular flexibility index (Phi) is 2.74. The number of nitriles is 1. The van der Waals surface area contributed by atoms with Gasteiger partial charge in [0.15, 0.2) is 15.1 Å². The first kappa shape index (κ1) is 8.53. The molecule has 5 heteroatoms. The van der Waals surface area contributed by atoms with Crippen molar-refractivity contribution in [2.75, 3.05) is 6.26 Å². The molecule has 50 valence electrons. The van der Waals surface area contributed by atoms with E-state index < -0.39 is 15.1 Å². The first-order valence-electron chi connectivity index (χ1n) is 2.06. The van der Waals surface area contributed by atoms with Crippen LogP contribution in [0.25, 0.3) is 0 Å². The van der Waals surface area contributed by atoms with E-state index in [-0.39, 0.29) is 0 Å². The molecule has 0 N–H and O–H groups in total. The zero-order chi connectivity index (χ0) is 7.49. The molecule has 0 radical (unpaired) electrons. The van der Waals surface area contributed by atoms with Crippen LogP contribution in [-0.2, 0) is 9.84 Å². The van der Waals surface area contributed by atoms with Crippen LogP contribution in [-0.4, -0.2) is 25.3 Å². The van der Waals surface area contributed by atoms with Crippen LogP contribution < -0.4 is 0 Å². The lowest BCUT2D eigenvalue weighted by Gasteiger charge is -1.94. The van der Waals surface area contributed by atoms with Crippen LogP contribution in [0, 0.1) is 11.3 Å². The van der Waals surface area contributed by atoms with Crippen molar-refractivity contribution in [3.8, 4) is 6.07 Å². The van der Waals surface area contributed by atoms with Crippen LogP contribution in [0.5, 0.6) is 0 Å². The maximum absolute atomic E-state index is 10.5. The second kappa shape index (κ2) is 2.90. The topological polar surface area (TPSA) is 57.9 Å². The van der Waals surface area contributed by atoms with Crippen molar-refractivity contribution >= 4 is 27.4 Å². The highest BCUT2D eigenvalue weighted by molar-refractivity contribution is 7.93. The van der Waals surface area contributed by atoms with Gasteiger partial charge in [0.2, 0.25) is 0 Å². The van der Waals surface area contributed by atoms with Gasteiger partial charge in [-0.2, -0.15) is 5.26 Å². The van der Waals surface area contributed by atoms with Gasteiger partial charge in [-0.3, -0.25) is 0 Å². The van der Waals surface area contributed by atoms with Crippen molar-refractivity contribution in [3.05, 3.63) is 0 Å². The van der Waals surface area contributed by atoms with E-state index in [1.807, 2.05) is 0 Å². The lowest BCUT2D eigenvalue weighted by atomic mass is 10.5. The van der Waals surface area contributed by atoms with Crippen LogP contribution in [0.1, 0.15) is 0 Å². The molecule has 1 atom stereocenters. The summed E-state index contributed by atoms with van der Waals surface area (Å²) >= 11 is 4.29. The average Bonchev–Trinajstić information content (AvgIpc) is 1.65. The van der Waals surface area contributed by atoms with Crippen LogP contribution in [0.15, 0.2) is 0 Å². The summed E-state index contributed by atoms with van der Waals surface area (Å²) in [4.78, 5) is 0. The molecule has 0 aromatic rings. The zero-order valence-corrected chi connectivity index (χ0v) is 6.37. The van der Waals surface area contributed by atoms with E-state index in [1.165, 1.54) is 0 Å². The summed E-state index contributed by atoms with van der Waals surface area (Å²) in [5, 5.41) is 7.94. The highest BCUT2D eigenvalue weighted by Crippen LogP contribution is 1.92. The van der Waals surface area contributed by atoms with Gasteiger partial charge in [-0.25, -0.2) is 8.42 Å². The summed E-state index contributed by atoms with van der Waals surface area (Å²) in [6.45, 7) is 0. The molecular formula is C4H5NO2S2. The number of thiocarbonyl (C=S) groups is 1. The monoisotopic (exact) mass is 163 g/mol. The molecule has 0 saturated heterocycles. The van der Waals surface area contributed by atoms with Crippen molar-refractivity contribution in [3.63, 3.8) is 0 Å². The lowest BCUT2D eigenvalue weighted by Crippen LogP contribution is -2.17. The van der Waals surface area contributed by atoms with Gasteiger partial charge in [-0.15, -0.1) is 0 Å². The van der Waals surface area contributed by atoms with Crippen molar-refractivity contribution in [1.29, 1.82) is 5.26 Å². The molecule has 0 aliphatic rings. The Morgan fingerprint density at radius 2 is 2.22 bits per heavy atom. The number of sulfone groups is 1. The molecule has 9 heavy (non-hydrogen) atoms. The first-order valence-corrected chi connectivity index (χ1v) is 4.48. The van der Waals surface area contributed by atoms with E-state index in [0.29, 0.717) is 0 Å². The molecule has 0 rings (SSSR count). The second-order valence-corrected chi connectivity index (χ2v) is 3.95. The number of nitrogens with zero attached hydrogens (tertiary/aromatic N) is 1. The lowest BCUT2D eigenvalue weighted by molar-refractivity contribution is 0.602. The molecule has 0 aromatic carbocycles. The van der Waals surface area contributed by atoms with Gasteiger partial charge in [0.1, 0.15) is 0 Å². The van der Waals surface area contributed by atoms with Crippen molar-refractivity contribution < 1.29 is 8.42 Å². The van der Waals surface area contributed by atoms with Crippen molar-refractivity contribution in [2.24, 2.45) is 0 Å². The zero-order valence-electron chi connectivity index (χ0n) is 4.73. The molecule has 0 saturated carbocycles. The summed E-state index contributed by atoms with van der Waals surface area (Å²) in [7, 11) is -3.29. The molecule has 0 amide bonds. The van der Waals surface area contributed by atoms with Gasteiger partial charge in [0, 0.05) is 11.6 Å². The second-order valence-electron chi connectivity index (χ2n) is 1.52. The summed E-state index contributed by atoms with van der Waals surface area (Å²) in [6.07, 6.45) is 0.976. The molecule has 1 unspecified atom stereocenters. The fraction of sp³-hybridized carbons (Fsp3) is 0.500. The van der Waals surface area contributed by atoms with E-state index in [0.717, 1.165) is 11.6 Å². The molecule has 0 aliphatic carbocycles. The Hall–Kier alpha value is -0.470. The molecule has 0 heterocycles. The summed E-state index contributed by atoms with van der Waals surface area (Å²) in [5.74, 6) is 0. The Morgan fingerprint density at radius 1 is 1.78 bits per heavy atom. The molecule has 3 nitrogen and oxygen atoms in total. The normalized spacial score (nSPS) is 13.8. The molecule has 0 aliphatic heterocycles. The highest BCUT2D eigenvalue weighted by atomic mass is 32.2. The van der Waals surface area contributed by atoms with E-state index in [1.54, 1.807) is 6.07 Å². The van der Waals surface area contributed by atoms with Crippen LogP contribution >= 0.6 is 12.2 Å². The molecule has 0 fully saturated rings. The van der Waals surface area contributed by atoms with Gasteiger partial charge in [-0.05, 0) is 0 Å². The highest BCUT2D eigenvalue weighted by Gasteiger charge is 2.15.